The molecule has 3 nitrogen and oxygen atoms in total. The molecule has 0 spiro atoms. The van der Waals surface area contributed by atoms with Crippen molar-refractivity contribution in [2.75, 3.05) is 0 Å². The van der Waals surface area contributed by atoms with Crippen molar-refractivity contribution in [3.63, 3.8) is 0 Å². The first-order valence-electron chi connectivity index (χ1n) is 3.07. The highest BCUT2D eigenvalue weighted by molar-refractivity contribution is 9.10. The number of rotatable bonds is 0. The van der Waals surface area contributed by atoms with Crippen LogP contribution in [0.15, 0.2) is 4.60 Å². The second-order valence-electron chi connectivity index (χ2n) is 2.24. The Kier molecular flexibility index (Phi) is 2.34. The van der Waals surface area contributed by atoms with E-state index in [0.29, 0.717) is 0 Å². The van der Waals surface area contributed by atoms with Crippen LogP contribution in [-0.2, 0) is 13.2 Å². The van der Waals surface area contributed by atoms with Crippen molar-refractivity contribution in [3.8, 4) is 6.07 Å². The van der Waals surface area contributed by atoms with Crippen molar-refractivity contribution in [1.82, 2.24) is 9.55 Å². The monoisotopic (exact) mass is 253 g/mol. The second-order valence-corrected chi connectivity index (χ2v) is 2.99. The molecule has 0 aliphatic heterocycles. The first kappa shape index (κ1) is 10.1. The predicted octanol–water partition coefficient (Wildman–Crippen LogP) is 2.07. The molecule has 0 saturated carbocycles. The van der Waals surface area contributed by atoms with E-state index in [-0.39, 0.29) is 10.4 Å². The van der Waals surface area contributed by atoms with Crippen molar-refractivity contribution < 1.29 is 13.2 Å². The molecule has 0 aromatic carbocycles. The molecule has 0 saturated heterocycles. The summed E-state index contributed by atoms with van der Waals surface area (Å²) in [5.74, 6) is -0.279. The molecule has 1 rings (SSSR count). The highest BCUT2D eigenvalue weighted by atomic mass is 79.9. The third-order valence-corrected chi connectivity index (χ3v) is 2.30. The quantitative estimate of drug-likeness (QED) is 0.711. The first-order chi connectivity index (χ1) is 5.88. The minimum atomic E-state index is -4.54. The lowest BCUT2D eigenvalue weighted by Gasteiger charge is -2.01. The van der Waals surface area contributed by atoms with Crippen LogP contribution in [0, 0.1) is 11.3 Å². The van der Waals surface area contributed by atoms with E-state index in [1.165, 1.54) is 7.05 Å². The fourth-order valence-corrected chi connectivity index (χ4v) is 1.24. The topological polar surface area (TPSA) is 41.6 Å². The number of aromatic nitrogens is 2. The number of hydrogen-bond donors (Lipinski definition) is 0. The molecule has 13 heavy (non-hydrogen) atoms. The van der Waals surface area contributed by atoms with Crippen LogP contribution < -0.4 is 0 Å². The molecule has 0 unspecified atom stereocenters. The van der Waals surface area contributed by atoms with E-state index in [1.54, 1.807) is 6.07 Å². The van der Waals surface area contributed by atoms with Gasteiger partial charge in [-0.25, -0.2) is 4.98 Å². The summed E-state index contributed by atoms with van der Waals surface area (Å²) in [5.41, 5.74) is -1.08. The molecule has 0 atom stereocenters. The number of halogens is 4. The van der Waals surface area contributed by atoms with Crippen LogP contribution in [0.3, 0.4) is 0 Å². The van der Waals surface area contributed by atoms with Crippen LogP contribution in [0.4, 0.5) is 13.2 Å². The summed E-state index contributed by atoms with van der Waals surface area (Å²) in [4.78, 5) is 3.13. The molecule has 70 valence electrons. The third kappa shape index (κ3) is 1.67. The number of alkyl halides is 3. The van der Waals surface area contributed by atoms with Crippen LogP contribution in [0.2, 0.25) is 0 Å². The fraction of sp³-hybridized carbons (Fsp3) is 0.333. The Balaban J connectivity index is 3.36. The minimum Gasteiger partial charge on any atom is -0.313 e. The van der Waals surface area contributed by atoms with Crippen molar-refractivity contribution in [3.05, 3.63) is 16.1 Å². The molecule has 0 bridgehead atoms. The SMILES string of the molecule is Cn1c(C#N)nc(C(F)(F)F)c1Br. The molecule has 0 aliphatic carbocycles. The van der Waals surface area contributed by atoms with Crippen LogP contribution in [0.5, 0.6) is 0 Å². The molecule has 7 heteroatoms. The summed E-state index contributed by atoms with van der Waals surface area (Å²) in [6.45, 7) is 0. The molecule has 0 aliphatic rings. The van der Waals surface area contributed by atoms with Crippen LogP contribution in [0.25, 0.3) is 0 Å². The summed E-state index contributed by atoms with van der Waals surface area (Å²) in [5, 5.41) is 8.40. The number of imidazole rings is 1. The van der Waals surface area contributed by atoms with Gasteiger partial charge < -0.3 is 4.57 Å². The third-order valence-electron chi connectivity index (χ3n) is 1.39. The van der Waals surface area contributed by atoms with Gasteiger partial charge >= 0.3 is 6.18 Å². The van der Waals surface area contributed by atoms with E-state index in [4.69, 9.17) is 5.26 Å². The van der Waals surface area contributed by atoms with Gasteiger partial charge in [0.05, 0.1) is 0 Å². The van der Waals surface area contributed by atoms with Gasteiger partial charge in [-0.1, -0.05) is 0 Å². The van der Waals surface area contributed by atoms with Crippen molar-refractivity contribution in [2.24, 2.45) is 7.05 Å². The van der Waals surface area contributed by atoms with Crippen molar-refractivity contribution >= 4 is 15.9 Å². The van der Waals surface area contributed by atoms with Gasteiger partial charge in [0.25, 0.3) is 0 Å². The lowest BCUT2D eigenvalue weighted by atomic mass is 10.5. The largest absolute Gasteiger partial charge is 0.436 e. The molecule has 0 N–H and O–H groups in total. The standard InChI is InChI=1S/C6H3BrF3N3/c1-13-3(2-11)12-4(5(13)7)6(8,9)10/h1H3. The van der Waals surface area contributed by atoms with E-state index in [9.17, 15) is 13.2 Å². The number of nitrogens with zero attached hydrogens (tertiary/aromatic N) is 3. The summed E-state index contributed by atoms with van der Waals surface area (Å²) >= 11 is 2.71. The lowest BCUT2D eigenvalue weighted by molar-refractivity contribution is -0.141. The van der Waals surface area contributed by atoms with Gasteiger partial charge in [-0.15, -0.1) is 0 Å². The summed E-state index contributed by atoms with van der Waals surface area (Å²) < 4.78 is 37.3. The van der Waals surface area contributed by atoms with Crippen molar-refractivity contribution in [1.29, 1.82) is 5.26 Å². The molecule has 1 aromatic heterocycles. The zero-order chi connectivity index (χ0) is 10.2. The Morgan fingerprint density at radius 2 is 2.08 bits per heavy atom. The van der Waals surface area contributed by atoms with E-state index in [1.807, 2.05) is 0 Å². The van der Waals surface area contributed by atoms with Gasteiger partial charge in [0, 0.05) is 7.05 Å². The average molecular weight is 254 g/mol. The van der Waals surface area contributed by atoms with Crippen LogP contribution in [-0.4, -0.2) is 9.55 Å². The van der Waals surface area contributed by atoms with E-state index in [2.05, 4.69) is 20.9 Å². The Labute approximate surface area is 79.9 Å². The van der Waals surface area contributed by atoms with Gasteiger partial charge in [-0.05, 0) is 15.9 Å². The Morgan fingerprint density at radius 3 is 2.31 bits per heavy atom. The van der Waals surface area contributed by atoms with Gasteiger partial charge in [-0.3, -0.25) is 0 Å². The average Bonchev–Trinajstić information content (AvgIpc) is 2.28. The molecular weight excluding hydrogens is 251 g/mol. The van der Waals surface area contributed by atoms with Gasteiger partial charge in [0.1, 0.15) is 10.7 Å². The van der Waals surface area contributed by atoms with E-state index < -0.39 is 11.9 Å². The number of hydrogen-bond acceptors (Lipinski definition) is 2. The highest BCUT2D eigenvalue weighted by Gasteiger charge is 2.37. The molecular formula is C6H3BrF3N3. The zero-order valence-electron chi connectivity index (χ0n) is 6.35. The predicted molar refractivity (Wildman–Crippen MR) is 40.6 cm³/mol. The molecule has 0 fully saturated rings. The maximum atomic E-state index is 12.2. The first-order valence-corrected chi connectivity index (χ1v) is 3.86. The molecule has 1 aromatic rings. The maximum absolute atomic E-state index is 12.2. The summed E-state index contributed by atoms with van der Waals surface area (Å²) in [7, 11) is 1.32. The lowest BCUT2D eigenvalue weighted by Crippen LogP contribution is -2.06. The van der Waals surface area contributed by atoms with Crippen LogP contribution in [0.1, 0.15) is 11.5 Å². The Morgan fingerprint density at radius 1 is 1.54 bits per heavy atom. The summed E-state index contributed by atoms with van der Waals surface area (Å²) in [6, 6.07) is 1.55. The second kappa shape index (κ2) is 3.03. The van der Waals surface area contributed by atoms with Crippen LogP contribution >= 0.6 is 15.9 Å². The van der Waals surface area contributed by atoms with Gasteiger partial charge in [0.15, 0.2) is 5.69 Å². The maximum Gasteiger partial charge on any atom is 0.436 e. The summed E-state index contributed by atoms with van der Waals surface area (Å²) in [6.07, 6.45) is -4.54. The zero-order valence-corrected chi connectivity index (χ0v) is 7.94. The Hall–Kier alpha value is -1.03. The van der Waals surface area contributed by atoms with Gasteiger partial charge in [0.2, 0.25) is 5.82 Å². The fourth-order valence-electron chi connectivity index (χ4n) is 0.759. The van der Waals surface area contributed by atoms with Gasteiger partial charge in [-0.2, -0.15) is 18.4 Å². The van der Waals surface area contributed by atoms with E-state index >= 15 is 0 Å². The van der Waals surface area contributed by atoms with Crippen molar-refractivity contribution in [2.45, 2.75) is 6.18 Å². The molecule has 1 heterocycles. The molecule has 0 amide bonds. The molecule has 0 radical (unpaired) electrons. The highest BCUT2D eigenvalue weighted by Crippen LogP contribution is 2.33. The number of nitriles is 1. The Bertz CT molecular complexity index is 374. The smallest absolute Gasteiger partial charge is 0.313 e. The minimum absolute atomic E-state index is 0.239. The normalized spacial score (nSPS) is 11.4. The van der Waals surface area contributed by atoms with E-state index in [0.717, 1.165) is 4.57 Å².